The number of nitrogens with zero attached hydrogens (tertiary/aromatic N) is 3. The van der Waals surface area contributed by atoms with Crippen molar-refractivity contribution < 1.29 is 0 Å². The zero-order valence-corrected chi connectivity index (χ0v) is 19.2. The molecule has 5 nitrogen and oxygen atoms in total. The van der Waals surface area contributed by atoms with Crippen LogP contribution in [0.1, 0.15) is 24.2 Å². The van der Waals surface area contributed by atoms with Crippen LogP contribution < -0.4 is 15.5 Å². The van der Waals surface area contributed by atoms with Gasteiger partial charge in [0.15, 0.2) is 11.1 Å². The van der Waals surface area contributed by atoms with Crippen LogP contribution in [0.2, 0.25) is 10.0 Å². The highest BCUT2D eigenvalue weighted by Gasteiger charge is 2.10. The normalized spacial score (nSPS) is 12.3. The van der Waals surface area contributed by atoms with Crippen LogP contribution in [0.5, 0.6) is 0 Å². The van der Waals surface area contributed by atoms with Gasteiger partial charge in [-0.1, -0.05) is 29.3 Å². The SMILES string of the molecule is CN=C(NCc1csc(N(C)C)n1)NC(C)c1ccc(Cl)c(Cl)c1.I. The second-order valence-electron chi connectivity index (χ2n) is 5.48. The predicted octanol–water partition coefficient (Wildman–Crippen LogP) is 4.56. The van der Waals surface area contributed by atoms with E-state index in [9.17, 15) is 0 Å². The number of rotatable bonds is 5. The van der Waals surface area contributed by atoms with Gasteiger partial charge in [-0.15, -0.1) is 35.3 Å². The summed E-state index contributed by atoms with van der Waals surface area (Å²) in [6.07, 6.45) is 0. The first-order chi connectivity index (χ1) is 11.4. The molecule has 2 aromatic rings. The van der Waals surface area contributed by atoms with E-state index < -0.39 is 0 Å². The fraction of sp³-hybridized carbons (Fsp3) is 0.375. The first kappa shape index (κ1) is 22.3. The lowest BCUT2D eigenvalue weighted by molar-refractivity contribution is 0.683. The quantitative estimate of drug-likeness (QED) is 0.349. The van der Waals surface area contributed by atoms with Crippen LogP contribution in [0.15, 0.2) is 28.6 Å². The van der Waals surface area contributed by atoms with Crippen molar-refractivity contribution in [1.82, 2.24) is 15.6 Å². The van der Waals surface area contributed by atoms with Crippen LogP contribution in [0.3, 0.4) is 0 Å². The molecule has 2 N–H and O–H groups in total. The zero-order valence-electron chi connectivity index (χ0n) is 14.5. The third-order valence-electron chi connectivity index (χ3n) is 3.38. The molecule has 0 saturated heterocycles. The average molecular weight is 514 g/mol. The van der Waals surface area contributed by atoms with Gasteiger partial charge in [-0.2, -0.15) is 0 Å². The topological polar surface area (TPSA) is 52.6 Å². The molecule has 0 aliphatic heterocycles. The van der Waals surface area contributed by atoms with Crippen LogP contribution in [0, 0.1) is 0 Å². The fourth-order valence-corrected chi connectivity index (χ4v) is 3.09. The summed E-state index contributed by atoms with van der Waals surface area (Å²) < 4.78 is 0. The maximum atomic E-state index is 6.08. The van der Waals surface area contributed by atoms with E-state index in [1.54, 1.807) is 24.5 Å². The summed E-state index contributed by atoms with van der Waals surface area (Å²) in [5, 5.41) is 10.7. The molecule has 1 aromatic carbocycles. The van der Waals surface area contributed by atoms with Gasteiger partial charge in [-0.3, -0.25) is 4.99 Å². The number of hydrogen-bond donors (Lipinski definition) is 2. The van der Waals surface area contributed by atoms with Crippen molar-refractivity contribution in [2.75, 3.05) is 26.0 Å². The Bertz CT molecular complexity index is 720. The fourth-order valence-electron chi connectivity index (χ4n) is 2.02. The number of anilines is 1. The number of halogens is 3. The summed E-state index contributed by atoms with van der Waals surface area (Å²) in [5.74, 6) is 0.702. The molecule has 0 amide bonds. The lowest BCUT2D eigenvalue weighted by atomic mass is 10.1. The Hall–Kier alpha value is -0.770. The highest BCUT2D eigenvalue weighted by atomic mass is 127. The minimum Gasteiger partial charge on any atom is -0.354 e. The van der Waals surface area contributed by atoms with E-state index in [1.165, 1.54) is 0 Å². The van der Waals surface area contributed by atoms with Gasteiger partial charge in [0.25, 0.3) is 0 Å². The Morgan fingerprint density at radius 1 is 1.32 bits per heavy atom. The van der Waals surface area contributed by atoms with E-state index in [4.69, 9.17) is 23.2 Å². The van der Waals surface area contributed by atoms with E-state index in [0.717, 1.165) is 16.4 Å². The molecule has 1 atom stereocenters. The predicted molar refractivity (Wildman–Crippen MR) is 120 cm³/mol. The molecule has 0 spiro atoms. The van der Waals surface area contributed by atoms with Crippen LogP contribution in [-0.2, 0) is 6.54 Å². The molecule has 0 aliphatic carbocycles. The van der Waals surface area contributed by atoms with Crippen molar-refractivity contribution in [2.45, 2.75) is 19.5 Å². The Morgan fingerprint density at radius 3 is 2.60 bits per heavy atom. The van der Waals surface area contributed by atoms with Crippen LogP contribution in [-0.4, -0.2) is 32.1 Å². The summed E-state index contributed by atoms with van der Waals surface area (Å²) in [6, 6.07) is 5.64. The third-order valence-corrected chi connectivity index (χ3v) is 5.18. The molecular formula is C16H22Cl2IN5S. The molecule has 2 rings (SSSR count). The molecule has 138 valence electrons. The average Bonchev–Trinajstić information content (AvgIpc) is 3.03. The van der Waals surface area contributed by atoms with E-state index in [0.29, 0.717) is 22.5 Å². The summed E-state index contributed by atoms with van der Waals surface area (Å²) in [7, 11) is 5.70. The number of aromatic nitrogens is 1. The molecule has 1 heterocycles. The Morgan fingerprint density at radius 2 is 2.04 bits per heavy atom. The summed E-state index contributed by atoms with van der Waals surface area (Å²) in [4.78, 5) is 10.8. The lowest BCUT2D eigenvalue weighted by Gasteiger charge is -2.18. The summed E-state index contributed by atoms with van der Waals surface area (Å²) in [6.45, 7) is 2.65. The van der Waals surface area contributed by atoms with Gasteiger partial charge in [0, 0.05) is 26.5 Å². The van der Waals surface area contributed by atoms with Crippen molar-refractivity contribution in [3.8, 4) is 0 Å². The number of guanidine groups is 1. The Labute approximate surface area is 179 Å². The van der Waals surface area contributed by atoms with Gasteiger partial charge in [-0.05, 0) is 24.6 Å². The molecular weight excluding hydrogens is 492 g/mol. The van der Waals surface area contributed by atoms with Crippen molar-refractivity contribution >= 4 is 69.6 Å². The number of benzene rings is 1. The van der Waals surface area contributed by atoms with Crippen LogP contribution in [0.4, 0.5) is 5.13 Å². The largest absolute Gasteiger partial charge is 0.354 e. The molecule has 1 unspecified atom stereocenters. The molecule has 0 aliphatic rings. The molecule has 0 radical (unpaired) electrons. The molecule has 25 heavy (non-hydrogen) atoms. The van der Waals surface area contributed by atoms with E-state index in [1.807, 2.05) is 43.4 Å². The Balaban J connectivity index is 0.00000312. The van der Waals surface area contributed by atoms with E-state index in [2.05, 4.69) is 20.6 Å². The van der Waals surface area contributed by atoms with Gasteiger partial charge in [0.05, 0.1) is 28.3 Å². The van der Waals surface area contributed by atoms with E-state index in [-0.39, 0.29) is 30.0 Å². The second-order valence-corrected chi connectivity index (χ2v) is 7.13. The van der Waals surface area contributed by atoms with Crippen molar-refractivity contribution in [3.63, 3.8) is 0 Å². The minimum absolute atomic E-state index is 0. The minimum atomic E-state index is 0. The summed E-state index contributed by atoms with van der Waals surface area (Å²) in [5.41, 5.74) is 2.02. The number of nitrogens with one attached hydrogen (secondary N) is 2. The maximum absolute atomic E-state index is 6.08. The van der Waals surface area contributed by atoms with Gasteiger partial charge in [-0.25, -0.2) is 4.98 Å². The first-order valence-electron chi connectivity index (χ1n) is 7.44. The highest BCUT2D eigenvalue weighted by Crippen LogP contribution is 2.25. The first-order valence-corrected chi connectivity index (χ1v) is 9.08. The monoisotopic (exact) mass is 513 g/mol. The van der Waals surface area contributed by atoms with Crippen LogP contribution in [0.25, 0.3) is 0 Å². The van der Waals surface area contributed by atoms with Gasteiger partial charge >= 0.3 is 0 Å². The molecule has 1 aromatic heterocycles. The van der Waals surface area contributed by atoms with Crippen LogP contribution >= 0.6 is 58.5 Å². The third kappa shape index (κ3) is 6.47. The molecule has 0 bridgehead atoms. The smallest absolute Gasteiger partial charge is 0.191 e. The molecule has 0 fully saturated rings. The Kier molecular flexibility index (Phi) is 9.26. The van der Waals surface area contributed by atoms with Gasteiger partial charge < -0.3 is 15.5 Å². The number of hydrogen-bond acceptors (Lipinski definition) is 4. The van der Waals surface area contributed by atoms with Gasteiger partial charge in [0.2, 0.25) is 0 Å². The van der Waals surface area contributed by atoms with E-state index >= 15 is 0 Å². The number of aliphatic imine (C=N–C) groups is 1. The van der Waals surface area contributed by atoms with Gasteiger partial charge in [0.1, 0.15) is 0 Å². The number of thiazole rings is 1. The van der Waals surface area contributed by atoms with Crippen molar-refractivity contribution in [1.29, 1.82) is 0 Å². The second kappa shape index (κ2) is 10.4. The maximum Gasteiger partial charge on any atom is 0.191 e. The zero-order chi connectivity index (χ0) is 17.7. The molecule has 9 heteroatoms. The standard InChI is InChI=1S/C16H21Cl2N5S.HI/c1-10(11-5-6-13(17)14(18)7-11)21-15(19-2)20-8-12-9-24-16(22-12)23(3)4;/h5-7,9-10H,8H2,1-4H3,(H2,19,20,21);1H. The van der Waals surface area contributed by atoms with Crippen molar-refractivity contribution in [3.05, 3.63) is 44.9 Å². The molecule has 0 saturated carbocycles. The lowest BCUT2D eigenvalue weighted by Crippen LogP contribution is -2.38. The summed E-state index contributed by atoms with van der Waals surface area (Å²) >= 11 is 13.7. The highest BCUT2D eigenvalue weighted by molar-refractivity contribution is 14.0. The van der Waals surface area contributed by atoms with Crippen molar-refractivity contribution in [2.24, 2.45) is 4.99 Å².